The zero-order valence-corrected chi connectivity index (χ0v) is 19.7. The number of anilines is 1. The van der Waals surface area contributed by atoms with Gasteiger partial charge in [0.15, 0.2) is 9.92 Å². The minimum absolute atomic E-state index is 0.152. The summed E-state index contributed by atoms with van der Waals surface area (Å²) in [5.74, 6) is 1.54. The molecule has 6 nitrogen and oxygen atoms in total. The Balaban J connectivity index is 1.36. The van der Waals surface area contributed by atoms with Gasteiger partial charge in [0.25, 0.3) is 0 Å². The van der Waals surface area contributed by atoms with Gasteiger partial charge in [-0.25, -0.2) is 9.78 Å². The summed E-state index contributed by atoms with van der Waals surface area (Å²) in [7, 11) is 0. The van der Waals surface area contributed by atoms with E-state index in [-0.39, 0.29) is 18.9 Å². The lowest BCUT2D eigenvalue weighted by atomic mass is 10.3. The van der Waals surface area contributed by atoms with Crippen LogP contribution in [0.25, 0.3) is 21.3 Å². The molecule has 0 saturated heterocycles. The molecule has 0 unspecified atom stereocenters. The fourth-order valence-corrected chi connectivity index (χ4v) is 6.14. The maximum absolute atomic E-state index is 12.4. The number of carbonyl (C=O) groups is 1. The summed E-state index contributed by atoms with van der Waals surface area (Å²) in [4.78, 5) is 29.2. The molecule has 2 aromatic heterocycles. The molecule has 0 aliphatic rings. The molecule has 2 heterocycles. The Kier molecular flexibility index (Phi) is 7.04. The summed E-state index contributed by atoms with van der Waals surface area (Å²) >= 11 is 5.37. The van der Waals surface area contributed by atoms with E-state index in [1.807, 2.05) is 48.2 Å². The van der Waals surface area contributed by atoms with E-state index in [1.54, 1.807) is 29.2 Å². The van der Waals surface area contributed by atoms with Crippen LogP contribution in [0.5, 0.6) is 0 Å². The fourth-order valence-electron chi connectivity index (χ4n) is 3.12. The third-order valence-electron chi connectivity index (χ3n) is 4.55. The van der Waals surface area contributed by atoms with E-state index in [9.17, 15) is 9.59 Å². The maximum atomic E-state index is 12.4. The van der Waals surface area contributed by atoms with Gasteiger partial charge in [-0.15, -0.1) is 11.3 Å². The largest absolute Gasteiger partial charge is 0.419 e. The van der Waals surface area contributed by atoms with Crippen LogP contribution in [0.2, 0.25) is 0 Å². The van der Waals surface area contributed by atoms with Crippen LogP contribution in [0.3, 0.4) is 0 Å². The van der Waals surface area contributed by atoms with E-state index in [0.29, 0.717) is 16.3 Å². The molecule has 0 saturated carbocycles. The summed E-state index contributed by atoms with van der Waals surface area (Å²) in [5.41, 5.74) is 2.90. The molecule has 1 amide bonds. The van der Waals surface area contributed by atoms with Crippen LogP contribution in [0.1, 0.15) is 20.3 Å². The highest BCUT2D eigenvalue weighted by Crippen LogP contribution is 2.31. The standard InChI is InChI=1S/C22H23N3O3S3/c1-14(2)29-11-12-30-21-24-16-8-7-15(13-19(16)31-21)23-20(26)9-10-25-17-5-3-4-6-18(17)28-22(25)27/h3-8,13-14H,9-12H2,1-2H3,(H,23,26). The highest BCUT2D eigenvalue weighted by atomic mass is 32.2. The highest BCUT2D eigenvalue weighted by molar-refractivity contribution is 8.04. The molecule has 31 heavy (non-hydrogen) atoms. The zero-order chi connectivity index (χ0) is 21.8. The number of aryl methyl sites for hydroxylation is 1. The number of aromatic nitrogens is 2. The second-order valence-electron chi connectivity index (χ2n) is 7.22. The number of para-hydroxylation sites is 2. The summed E-state index contributed by atoms with van der Waals surface area (Å²) in [5, 5.41) is 3.57. The van der Waals surface area contributed by atoms with E-state index >= 15 is 0 Å². The van der Waals surface area contributed by atoms with Gasteiger partial charge >= 0.3 is 5.76 Å². The second-order valence-corrected chi connectivity index (χ2v) is 11.3. The first-order chi connectivity index (χ1) is 15.0. The number of benzene rings is 2. The minimum atomic E-state index is -0.447. The molecule has 0 aliphatic heterocycles. The Bertz CT molecular complexity index is 1260. The van der Waals surface area contributed by atoms with Crippen molar-refractivity contribution in [3.63, 3.8) is 0 Å². The van der Waals surface area contributed by atoms with Crippen molar-refractivity contribution in [3.05, 3.63) is 53.0 Å². The van der Waals surface area contributed by atoms with E-state index in [1.165, 1.54) is 4.57 Å². The van der Waals surface area contributed by atoms with Crippen molar-refractivity contribution in [2.75, 3.05) is 16.8 Å². The van der Waals surface area contributed by atoms with Crippen LogP contribution in [0.15, 0.2) is 56.0 Å². The van der Waals surface area contributed by atoms with E-state index in [4.69, 9.17) is 4.42 Å². The molecule has 0 atom stereocenters. The van der Waals surface area contributed by atoms with Crippen molar-refractivity contribution in [2.24, 2.45) is 0 Å². The molecule has 4 aromatic rings. The molecule has 1 N–H and O–H groups in total. The minimum Gasteiger partial charge on any atom is -0.408 e. The van der Waals surface area contributed by atoms with Gasteiger partial charge in [0.05, 0.1) is 15.7 Å². The lowest BCUT2D eigenvalue weighted by molar-refractivity contribution is -0.116. The topological polar surface area (TPSA) is 77.1 Å². The number of carbonyl (C=O) groups excluding carboxylic acids is 1. The van der Waals surface area contributed by atoms with E-state index < -0.39 is 5.76 Å². The molecule has 0 spiro atoms. The van der Waals surface area contributed by atoms with Gasteiger partial charge in [-0.1, -0.05) is 37.7 Å². The molecule has 2 aromatic carbocycles. The summed E-state index contributed by atoms with van der Waals surface area (Å²) in [6, 6.07) is 13.0. The molecule has 162 valence electrons. The van der Waals surface area contributed by atoms with E-state index in [2.05, 4.69) is 24.1 Å². The molecule has 0 bridgehead atoms. The number of fused-ring (bicyclic) bond motifs is 2. The Morgan fingerprint density at radius 1 is 1.23 bits per heavy atom. The molecular weight excluding hydrogens is 450 g/mol. The first-order valence-electron chi connectivity index (χ1n) is 10.0. The first-order valence-corrected chi connectivity index (χ1v) is 12.9. The predicted molar refractivity (Wildman–Crippen MR) is 132 cm³/mol. The van der Waals surface area contributed by atoms with Crippen LogP contribution >= 0.6 is 34.9 Å². The predicted octanol–water partition coefficient (Wildman–Crippen LogP) is 5.47. The average molecular weight is 474 g/mol. The van der Waals surface area contributed by atoms with Crippen molar-refractivity contribution in [1.82, 2.24) is 9.55 Å². The fraction of sp³-hybridized carbons (Fsp3) is 0.318. The van der Waals surface area contributed by atoms with Crippen molar-refractivity contribution >= 4 is 67.8 Å². The van der Waals surface area contributed by atoms with Gasteiger partial charge in [0.2, 0.25) is 5.91 Å². The quantitative estimate of drug-likeness (QED) is 0.257. The van der Waals surface area contributed by atoms with Crippen LogP contribution in [0, 0.1) is 0 Å². The van der Waals surface area contributed by atoms with Crippen molar-refractivity contribution in [2.45, 2.75) is 36.4 Å². The second kappa shape index (κ2) is 9.93. The number of amides is 1. The number of nitrogens with one attached hydrogen (secondary N) is 1. The Hall–Kier alpha value is -2.23. The van der Waals surface area contributed by atoms with Crippen LogP contribution < -0.4 is 11.1 Å². The number of oxazole rings is 1. The van der Waals surface area contributed by atoms with Crippen LogP contribution in [0.4, 0.5) is 5.69 Å². The Morgan fingerprint density at radius 3 is 2.90 bits per heavy atom. The van der Waals surface area contributed by atoms with Crippen molar-refractivity contribution in [1.29, 1.82) is 0 Å². The lowest BCUT2D eigenvalue weighted by Gasteiger charge is -2.05. The highest BCUT2D eigenvalue weighted by Gasteiger charge is 2.11. The number of nitrogens with zero attached hydrogens (tertiary/aromatic N) is 2. The van der Waals surface area contributed by atoms with Gasteiger partial charge in [0, 0.05) is 30.2 Å². The third-order valence-corrected chi connectivity index (χ3v) is 8.08. The first kappa shape index (κ1) is 22.0. The molecule has 0 radical (unpaired) electrons. The van der Waals surface area contributed by atoms with Crippen molar-refractivity contribution in [3.8, 4) is 0 Å². The van der Waals surface area contributed by atoms with Gasteiger partial charge in [-0.05, 0) is 35.6 Å². The normalized spacial score (nSPS) is 11.6. The van der Waals surface area contributed by atoms with Crippen LogP contribution in [-0.2, 0) is 11.3 Å². The maximum Gasteiger partial charge on any atom is 0.419 e. The van der Waals surface area contributed by atoms with Gasteiger partial charge < -0.3 is 9.73 Å². The van der Waals surface area contributed by atoms with E-state index in [0.717, 1.165) is 31.7 Å². The SMILES string of the molecule is CC(C)SCCSc1nc2ccc(NC(=O)CCn3c(=O)oc4ccccc43)cc2s1. The van der Waals surface area contributed by atoms with Gasteiger partial charge in [-0.3, -0.25) is 9.36 Å². The average Bonchev–Trinajstić information content (AvgIpc) is 3.28. The Morgan fingerprint density at radius 2 is 2.06 bits per heavy atom. The number of hydrogen-bond acceptors (Lipinski definition) is 7. The third kappa shape index (κ3) is 5.53. The number of hydrogen-bond donors (Lipinski definition) is 1. The summed E-state index contributed by atoms with van der Waals surface area (Å²) < 4.78 is 8.80. The summed E-state index contributed by atoms with van der Waals surface area (Å²) in [6.45, 7) is 4.68. The van der Waals surface area contributed by atoms with Gasteiger partial charge in [0.1, 0.15) is 0 Å². The lowest BCUT2D eigenvalue weighted by Crippen LogP contribution is -2.19. The Labute approximate surface area is 192 Å². The van der Waals surface area contributed by atoms with Crippen molar-refractivity contribution < 1.29 is 9.21 Å². The number of rotatable bonds is 9. The molecule has 4 rings (SSSR count). The summed E-state index contributed by atoms with van der Waals surface area (Å²) in [6.07, 6.45) is 0.179. The van der Waals surface area contributed by atoms with Gasteiger partial charge in [-0.2, -0.15) is 11.8 Å². The zero-order valence-electron chi connectivity index (χ0n) is 17.3. The smallest absolute Gasteiger partial charge is 0.408 e. The monoisotopic (exact) mass is 473 g/mol. The molecule has 0 aliphatic carbocycles. The molecular formula is C22H23N3O3S3. The van der Waals surface area contributed by atoms with Crippen LogP contribution in [-0.4, -0.2) is 32.2 Å². The molecule has 0 fully saturated rings. The molecule has 9 heteroatoms. The number of thiazole rings is 1. The number of thioether (sulfide) groups is 2.